The van der Waals surface area contributed by atoms with E-state index in [9.17, 15) is 4.79 Å². The van der Waals surface area contributed by atoms with Gasteiger partial charge in [0.05, 0.1) is 19.3 Å². The number of halogens is 1. The summed E-state index contributed by atoms with van der Waals surface area (Å²) in [6.07, 6.45) is 0. The van der Waals surface area contributed by atoms with E-state index in [-0.39, 0.29) is 12.5 Å². The largest absolute Gasteiger partial charge is 0.495 e. The number of hydrogen-bond donors (Lipinski definition) is 2. The highest BCUT2D eigenvalue weighted by Gasteiger charge is 2.07. The van der Waals surface area contributed by atoms with Gasteiger partial charge in [0, 0.05) is 15.9 Å². The highest BCUT2D eigenvalue weighted by Crippen LogP contribution is 2.23. The van der Waals surface area contributed by atoms with E-state index in [2.05, 4.69) is 26.6 Å². The fourth-order valence-corrected chi connectivity index (χ4v) is 3.15. The number of benzene rings is 1. The molecule has 0 saturated carbocycles. The van der Waals surface area contributed by atoms with Crippen LogP contribution in [0.1, 0.15) is 4.88 Å². The minimum atomic E-state index is -0.0952. The molecule has 1 aromatic carbocycles. The van der Waals surface area contributed by atoms with Crippen molar-refractivity contribution >= 4 is 38.9 Å². The van der Waals surface area contributed by atoms with Crippen LogP contribution in [-0.2, 0) is 11.3 Å². The lowest BCUT2D eigenvalue weighted by atomic mass is 10.3. The van der Waals surface area contributed by atoms with Crippen molar-refractivity contribution in [1.82, 2.24) is 5.32 Å². The molecule has 0 aliphatic rings. The summed E-state index contributed by atoms with van der Waals surface area (Å²) in [4.78, 5) is 13.0. The predicted octanol–water partition coefficient (Wildman–Crippen LogP) is 3.25. The van der Waals surface area contributed by atoms with Crippen LogP contribution in [0, 0.1) is 0 Å². The Labute approximate surface area is 130 Å². The zero-order chi connectivity index (χ0) is 14.4. The Morgan fingerprint density at radius 2 is 2.15 bits per heavy atom. The standard InChI is InChI=1S/C14H15BrN2O2S/c1-19-12-5-3-2-4-11(12)17-14(18)9-16-8-13-10(15)6-7-20-13/h2-7,16H,8-9H2,1H3,(H,17,18). The average molecular weight is 355 g/mol. The number of anilines is 1. The molecule has 2 rings (SSSR count). The molecule has 1 heterocycles. The molecule has 0 radical (unpaired) electrons. The molecule has 0 spiro atoms. The Morgan fingerprint density at radius 3 is 2.85 bits per heavy atom. The first kappa shape index (κ1) is 15.0. The zero-order valence-electron chi connectivity index (χ0n) is 11.0. The quantitative estimate of drug-likeness (QED) is 0.836. The van der Waals surface area contributed by atoms with Gasteiger partial charge in [0.1, 0.15) is 5.75 Å². The second kappa shape index (κ2) is 7.42. The minimum Gasteiger partial charge on any atom is -0.495 e. The lowest BCUT2D eigenvalue weighted by Crippen LogP contribution is -2.27. The molecule has 2 N–H and O–H groups in total. The Kier molecular flexibility index (Phi) is 5.58. The van der Waals surface area contributed by atoms with E-state index in [1.807, 2.05) is 35.7 Å². The zero-order valence-corrected chi connectivity index (χ0v) is 13.4. The van der Waals surface area contributed by atoms with Gasteiger partial charge in [0.15, 0.2) is 0 Å². The summed E-state index contributed by atoms with van der Waals surface area (Å²) in [6.45, 7) is 0.917. The summed E-state index contributed by atoms with van der Waals surface area (Å²) in [5.74, 6) is 0.559. The van der Waals surface area contributed by atoms with E-state index >= 15 is 0 Å². The van der Waals surface area contributed by atoms with Crippen LogP contribution < -0.4 is 15.4 Å². The van der Waals surface area contributed by atoms with Gasteiger partial charge < -0.3 is 15.4 Å². The molecule has 0 bridgehead atoms. The molecule has 20 heavy (non-hydrogen) atoms. The summed E-state index contributed by atoms with van der Waals surface area (Å²) in [7, 11) is 1.58. The van der Waals surface area contributed by atoms with Crippen LogP contribution in [0.5, 0.6) is 5.75 Å². The van der Waals surface area contributed by atoms with E-state index in [1.54, 1.807) is 18.4 Å². The molecule has 1 aromatic heterocycles. The number of amides is 1. The van der Waals surface area contributed by atoms with Gasteiger partial charge in [-0.2, -0.15) is 0 Å². The normalized spacial score (nSPS) is 10.3. The average Bonchev–Trinajstić information content (AvgIpc) is 2.85. The van der Waals surface area contributed by atoms with Gasteiger partial charge in [-0.25, -0.2) is 0 Å². The summed E-state index contributed by atoms with van der Waals surface area (Å²) in [6, 6.07) is 9.34. The van der Waals surface area contributed by atoms with E-state index in [4.69, 9.17) is 4.74 Å². The SMILES string of the molecule is COc1ccccc1NC(=O)CNCc1sccc1Br. The van der Waals surface area contributed by atoms with Crippen molar-refractivity contribution in [3.63, 3.8) is 0 Å². The van der Waals surface area contributed by atoms with E-state index in [1.165, 1.54) is 4.88 Å². The monoisotopic (exact) mass is 354 g/mol. The number of thiophene rings is 1. The van der Waals surface area contributed by atoms with Gasteiger partial charge in [-0.3, -0.25) is 4.79 Å². The Bertz CT molecular complexity index is 586. The molecule has 0 aliphatic heterocycles. The van der Waals surface area contributed by atoms with Crippen molar-refractivity contribution in [3.8, 4) is 5.75 Å². The Morgan fingerprint density at radius 1 is 1.35 bits per heavy atom. The third-order valence-electron chi connectivity index (χ3n) is 2.64. The van der Waals surface area contributed by atoms with Crippen molar-refractivity contribution in [1.29, 1.82) is 0 Å². The smallest absolute Gasteiger partial charge is 0.238 e. The van der Waals surface area contributed by atoms with E-state index < -0.39 is 0 Å². The van der Waals surface area contributed by atoms with Crippen molar-refractivity contribution in [2.75, 3.05) is 19.0 Å². The molecule has 106 valence electrons. The Balaban J connectivity index is 1.82. The summed E-state index contributed by atoms with van der Waals surface area (Å²) < 4.78 is 6.26. The molecule has 0 atom stereocenters. The fourth-order valence-electron chi connectivity index (χ4n) is 1.68. The number of para-hydroxylation sites is 2. The third-order valence-corrected chi connectivity index (χ3v) is 4.57. The van der Waals surface area contributed by atoms with Crippen molar-refractivity contribution in [2.24, 2.45) is 0 Å². The van der Waals surface area contributed by atoms with E-state index in [0.717, 1.165) is 4.47 Å². The van der Waals surface area contributed by atoms with Gasteiger partial charge in [0.2, 0.25) is 5.91 Å². The highest BCUT2D eigenvalue weighted by molar-refractivity contribution is 9.10. The maximum absolute atomic E-state index is 11.9. The number of hydrogen-bond acceptors (Lipinski definition) is 4. The lowest BCUT2D eigenvalue weighted by molar-refractivity contribution is -0.115. The maximum Gasteiger partial charge on any atom is 0.238 e. The molecule has 4 nitrogen and oxygen atoms in total. The number of methoxy groups -OCH3 is 1. The van der Waals surface area contributed by atoms with Crippen LogP contribution in [0.25, 0.3) is 0 Å². The van der Waals surface area contributed by atoms with Crippen LogP contribution in [0.4, 0.5) is 5.69 Å². The number of carbonyl (C=O) groups is 1. The van der Waals surface area contributed by atoms with Crippen LogP contribution in [0.3, 0.4) is 0 Å². The van der Waals surface area contributed by atoms with Gasteiger partial charge in [0.25, 0.3) is 0 Å². The number of carbonyl (C=O) groups excluding carboxylic acids is 1. The summed E-state index contributed by atoms with van der Waals surface area (Å²) in [5.41, 5.74) is 0.680. The molecular weight excluding hydrogens is 340 g/mol. The first-order valence-electron chi connectivity index (χ1n) is 6.06. The maximum atomic E-state index is 11.9. The highest BCUT2D eigenvalue weighted by atomic mass is 79.9. The Hall–Kier alpha value is -1.37. The van der Waals surface area contributed by atoms with Crippen LogP contribution in [-0.4, -0.2) is 19.6 Å². The summed E-state index contributed by atoms with van der Waals surface area (Å²) in [5, 5.41) is 7.95. The topological polar surface area (TPSA) is 50.4 Å². The number of ether oxygens (including phenoxy) is 1. The van der Waals surface area contributed by atoms with Crippen molar-refractivity contribution < 1.29 is 9.53 Å². The van der Waals surface area contributed by atoms with Crippen molar-refractivity contribution in [2.45, 2.75) is 6.54 Å². The molecule has 1 amide bonds. The minimum absolute atomic E-state index is 0.0952. The van der Waals surface area contributed by atoms with Crippen molar-refractivity contribution in [3.05, 3.63) is 45.1 Å². The molecule has 0 unspecified atom stereocenters. The van der Waals surface area contributed by atoms with Crippen LogP contribution in [0.2, 0.25) is 0 Å². The number of nitrogens with one attached hydrogen (secondary N) is 2. The molecule has 0 aliphatic carbocycles. The molecule has 2 aromatic rings. The third kappa shape index (κ3) is 4.06. The molecule has 6 heteroatoms. The second-order valence-corrected chi connectivity index (χ2v) is 5.90. The molecule has 0 saturated heterocycles. The molecule has 0 fully saturated rings. The fraction of sp³-hybridized carbons (Fsp3) is 0.214. The van der Waals surface area contributed by atoms with Crippen LogP contribution >= 0.6 is 27.3 Å². The first-order valence-corrected chi connectivity index (χ1v) is 7.73. The van der Waals surface area contributed by atoms with Gasteiger partial charge >= 0.3 is 0 Å². The lowest BCUT2D eigenvalue weighted by Gasteiger charge is -2.10. The number of rotatable bonds is 6. The predicted molar refractivity (Wildman–Crippen MR) is 85.3 cm³/mol. The van der Waals surface area contributed by atoms with Gasteiger partial charge in [-0.05, 0) is 39.5 Å². The van der Waals surface area contributed by atoms with Gasteiger partial charge in [-0.1, -0.05) is 12.1 Å². The second-order valence-electron chi connectivity index (χ2n) is 4.04. The van der Waals surface area contributed by atoms with E-state index in [0.29, 0.717) is 18.0 Å². The van der Waals surface area contributed by atoms with Gasteiger partial charge in [-0.15, -0.1) is 11.3 Å². The van der Waals surface area contributed by atoms with Crippen LogP contribution in [0.15, 0.2) is 40.2 Å². The summed E-state index contributed by atoms with van der Waals surface area (Å²) >= 11 is 5.11. The first-order chi connectivity index (χ1) is 9.70. The molecular formula is C14H15BrN2O2S.